The second-order valence-corrected chi connectivity index (χ2v) is 5.39. The van der Waals surface area contributed by atoms with Crippen molar-refractivity contribution in [2.24, 2.45) is 0 Å². The van der Waals surface area contributed by atoms with E-state index in [1.807, 2.05) is 13.0 Å². The Hall–Kier alpha value is -3.60. The summed E-state index contributed by atoms with van der Waals surface area (Å²) in [6.07, 6.45) is 0.143. The highest BCUT2D eigenvalue weighted by Crippen LogP contribution is 2.26. The summed E-state index contributed by atoms with van der Waals surface area (Å²) in [5.41, 5.74) is 0.375. The second kappa shape index (κ2) is 9.77. The lowest BCUT2D eigenvalue weighted by Gasteiger charge is -2.22. The summed E-state index contributed by atoms with van der Waals surface area (Å²) in [6.45, 7) is 2.20. The lowest BCUT2D eigenvalue weighted by molar-refractivity contribution is -0.385. The van der Waals surface area contributed by atoms with Crippen molar-refractivity contribution in [1.29, 1.82) is 5.26 Å². The average molecular weight is 369 g/mol. The number of hydrogen-bond acceptors (Lipinski definition) is 6. The minimum absolute atomic E-state index is 0.0165. The molecule has 0 aliphatic heterocycles. The third-order valence-electron chi connectivity index (χ3n) is 3.62. The number of nitriles is 1. The van der Waals surface area contributed by atoms with Gasteiger partial charge in [0.1, 0.15) is 5.75 Å². The van der Waals surface area contributed by atoms with Crippen molar-refractivity contribution in [1.82, 2.24) is 0 Å². The Bertz CT molecular complexity index is 830. The van der Waals surface area contributed by atoms with Crippen LogP contribution >= 0.6 is 0 Å². The van der Waals surface area contributed by atoms with E-state index in [1.54, 1.807) is 30.3 Å². The first-order valence-corrected chi connectivity index (χ1v) is 8.33. The lowest BCUT2D eigenvalue weighted by atomic mass is 10.2. The normalized spacial score (nSPS) is 9.93. The van der Waals surface area contributed by atoms with Gasteiger partial charge < -0.3 is 14.4 Å². The molecule has 2 rings (SSSR count). The van der Waals surface area contributed by atoms with Crippen molar-refractivity contribution in [3.63, 3.8) is 0 Å². The Kier molecular flexibility index (Phi) is 7.14. The zero-order chi connectivity index (χ0) is 19.6. The Morgan fingerprint density at radius 2 is 1.89 bits per heavy atom. The van der Waals surface area contributed by atoms with Crippen LogP contribution in [0.3, 0.4) is 0 Å². The molecular formula is C19H19N3O5. The van der Waals surface area contributed by atoms with E-state index in [0.717, 1.165) is 0 Å². The van der Waals surface area contributed by atoms with E-state index >= 15 is 0 Å². The number of hydrogen-bond donors (Lipinski definition) is 0. The highest BCUT2D eigenvalue weighted by atomic mass is 16.6. The van der Waals surface area contributed by atoms with E-state index < -0.39 is 10.8 Å². The number of carbonyl (C=O) groups is 1. The van der Waals surface area contributed by atoms with Gasteiger partial charge in [-0.1, -0.05) is 12.1 Å². The van der Waals surface area contributed by atoms with Crippen molar-refractivity contribution >= 4 is 17.3 Å². The fourth-order valence-electron chi connectivity index (χ4n) is 2.40. The van der Waals surface area contributed by atoms with Gasteiger partial charge in [0.05, 0.1) is 24.0 Å². The van der Waals surface area contributed by atoms with Crippen LogP contribution in [0.5, 0.6) is 11.5 Å². The summed E-state index contributed by atoms with van der Waals surface area (Å²) in [6, 6.07) is 14.7. The van der Waals surface area contributed by atoms with Crippen LogP contribution in [0.15, 0.2) is 48.5 Å². The molecule has 140 valence electrons. The highest BCUT2D eigenvalue weighted by Gasteiger charge is 2.19. The van der Waals surface area contributed by atoms with Gasteiger partial charge >= 0.3 is 5.69 Å². The molecule has 0 unspecified atom stereocenters. The van der Waals surface area contributed by atoms with Gasteiger partial charge in [0.2, 0.25) is 0 Å². The number of benzene rings is 2. The van der Waals surface area contributed by atoms with Crippen molar-refractivity contribution in [3.8, 4) is 17.6 Å². The van der Waals surface area contributed by atoms with Crippen LogP contribution in [0.1, 0.15) is 13.3 Å². The van der Waals surface area contributed by atoms with Crippen LogP contribution in [-0.2, 0) is 4.79 Å². The van der Waals surface area contributed by atoms with Gasteiger partial charge in [-0.15, -0.1) is 0 Å². The molecule has 0 atom stereocenters. The van der Waals surface area contributed by atoms with E-state index in [0.29, 0.717) is 18.0 Å². The molecule has 0 aliphatic rings. The van der Waals surface area contributed by atoms with E-state index in [-0.39, 0.29) is 31.0 Å². The number of ether oxygens (including phenoxy) is 2. The predicted octanol–water partition coefficient (Wildman–Crippen LogP) is 3.32. The molecule has 0 fully saturated rings. The fourth-order valence-corrected chi connectivity index (χ4v) is 2.40. The van der Waals surface area contributed by atoms with Gasteiger partial charge in [-0.05, 0) is 37.3 Å². The molecule has 0 bridgehead atoms. The number of anilines is 1. The van der Waals surface area contributed by atoms with Crippen LogP contribution in [0, 0.1) is 21.4 Å². The number of rotatable bonds is 9. The molecule has 8 nitrogen and oxygen atoms in total. The summed E-state index contributed by atoms with van der Waals surface area (Å²) < 4.78 is 10.7. The molecule has 0 radical (unpaired) electrons. The molecule has 0 saturated carbocycles. The minimum atomic E-state index is -0.570. The molecule has 27 heavy (non-hydrogen) atoms. The minimum Gasteiger partial charge on any atom is -0.494 e. The van der Waals surface area contributed by atoms with Crippen molar-refractivity contribution in [3.05, 3.63) is 58.6 Å². The Labute approximate surface area is 156 Å². The fraction of sp³-hybridized carbons (Fsp3) is 0.263. The summed E-state index contributed by atoms with van der Waals surface area (Å²) in [5.74, 6) is 0.278. The predicted molar refractivity (Wildman–Crippen MR) is 98.8 cm³/mol. The second-order valence-electron chi connectivity index (χ2n) is 5.39. The molecule has 0 N–H and O–H groups in total. The molecule has 8 heteroatoms. The Morgan fingerprint density at radius 1 is 1.19 bits per heavy atom. The topological polar surface area (TPSA) is 106 Å². The molecule has 2 aromatic rings. The maximum Gasteiger partial charge on any atom is 0.310 e. The zero-order valence-electron chi connectivity index (χ0n) is 14.8. The van der Waals surface area contributed by atoms with E-state index in [2.05, 4.69) is 0 Å². The SMILES string of the molecule is CCOc1ccc(N(CCC#N)C(=O)COc2ccccc2[N+](=O)[O-])cc1. The van der Waals surface area contributed by atoms with Gasteiger partial charge in [0, 0.05) is 18.3 Å². The monoisotopic (exact) mass is 369 g/mol. The Morgan fingerprint density at radius 3 is 2.52 bits per heavy atom. The average Bonchev–Trinajstić information content (AvgIpc) is 2.68. The molecule has 0 saturated heterocycles. The number of nitro groups is 1. The number of carbonyl (C=O) groups excluding carboxylic acids is 1. The first kappa shape index (κ1) is 19.7. The van der Waals surface area contributed by atoms with Gasteiger partial charge in [0.15, 0.2) is 12.4 Å². The summed E-state index contributed by atoms with van der Waals surface area (Å²) in [5, 5.41) is 19.9. The summed E-state index contributed by atoms with van der Waals surface area (Å²) in [7, 11) is 0. The summed E-state index contributed by atoms with van der Waals surface area (Å²) >= 11 is 0. The molecular weight excluding hydrogens is 350 g/mol. The van der Waals surface area contributed by atoms with Crippen molar-refractivity contribution < 1.29 is 19.2 Å². The molecule has 0 spiro atoms. The molecule has 2 aromatic carbocycles. The zero-order valence-corrected chi connectivity index (χ0v) is 14.8. The molecule has 1 amide bonds. The van der Waals surface area contributed by atoms with Gasteiger partial charge in [-0.2, -0.15) is 5.26 Å². The van der Waals surface area contributed by atoms with Crippen LogP contribution < -0.4 is 14.4 Å². The lowest BCUT2D eigenvalue weighted by Crippen LogP contribution is -2.35. The van der Waals surface area contributed by atoms with E-state index in [1.165, 1.54) is 23.1 Å². The van der Waals surface area contributed by atoms with Crippen LogP contribution in [0.2, 0.25) is 0 Å². The molecule has 0 heterocycles. The maximum atomic E-state index is 12.6. The quantitative estimate of drug-likeness (QED) is 0.496. The van der Waals surface area contributed by atoms with E-state index in [4.69, 9.17) is 14.7 Å². The number of para-hydroxylation sites is 2. The number of amides is 1. The largest absolute Gasteiger partial charge is 0.494 e. The van der Waals surface area contributed by atoms with Gasteiger partial charge in [-0.25, -0.2) is 0 Å². The maximum absolute atomic E-state index is 12.6. The third kappa shape index (κ3) is 5.44. The standard InChI is InChI=1S/C19H19N3O5/c1-2-26-16-10-8-15(9-11-16)21(13-5-12-20)19(23)14-27-18-7-4-3-6-17(18)22(24)25/h3-4,6-11H,2,5,13-14H2,1H3. The van der Waals surface area contributed by atoms with E-state index in [9.17, 15) is 14.9 Å². The molecule has 0 aliphatic carbocycles. The van der Waals surface area contributed by atoms with Gasteiger partial charge in [0.25, 0.3) is 5.91 Å². The van der Waals surface area contributed by atoms with Crippen LogP contribution in [0.4, 0.5) is 11.4 Å². The Balaban J connectivity index is 2.13. The number of nitro benzene ring substituents is 1. The smallest absolute Gasteiger partial charge is 0.310 e. The van der Waals surface area contributed by atoms with Crippen molar-refractivity contribution in [2.75, 3.05) is 24.7 Å². The first-order chi connectivity index (χ1) is 13.1. The van der Waals surface area contributed by atoms with Crippen LogP contribution in [-0.4, -0.2) is 30.6 Å². The highest BCUT2D eigenvalue weighted by molar-refractivity contribution is 5.94. The van der Waals surface area contributed by atoms with Gasteiger partial charge in [-0.3, -0.25) is 14.9 Å². The van der Waals surface area contributed by atoms with Crippen LogP contribution in [0.25, 0.3) is 0 Å². The first-order valence-electron chi connectivity index (χ1n) is 8.33. The molecule has 0 aromatic heterocycles. The summed E-state index contributed by atoms with van der Waals surface area (Å²) in [4.78, 5) is 24.5. The van der Waals surface area contributed by atoms with Crippen molar-refractivity contribution in [2.45, 2.75) is 13.3 Å². The third-order valence-corrected chi connectivity index (χ3v) is 3.62. The number of nitrogens with zero attached hydrogens (tertiary/aromatic N) is 3.